The molecule has 0 fully saturated rings. The molecular formula is C24H46O9. The lowest BCUT2D eigenvalue weighted by atomic mass is 9.81. The first-order valence-electron chi connectivity index (χ1n) is 11.0. The van der Waals surface area contributed by atoms with Gasteiger partial charge in [0.2, 0.25) is 0 Å². The molecule has 196 valence electrons. The smallest absolute Gasteiger partial charge is 0.310 e. The van der Waals surface area contributed by atoms with E-state index in [1.807, 2.05) is 55.4 Å². The predicted octanol–water partition coefficient (Wildman–Crippen LogP) is 3.28. The topological polar surface area (TPSA) is 136 Å². The van der Waals surface area contributed by atoms with Gasteiger partial charge < -0.3 is 24.4 Å². The van der Waals surface area contributed by atoms with Crippen molar-refractivity contribution in [2.75, 3.05) is 13.2 Å². The molecule has 2 atom stereocenters. The Morgan fingerprint density at radius 3 is 1.33 bits per heavy atom. The molecule has 0 aliphatic carbocycles. The summed E-state index contributed by atoms with van der Waals surface area (Å²) in [6.07, 6.45) is -0.679. The molecule has 0 aliphatic heterocycles. The van der Waals surface area contributed by atoms with Crippen molar-refractivity contribution in [3.8, 4) is 0 Å². The lowest BCUT2D eigenvalue weighted by molar-refractivity contribution is -0.163. The van der Waals surface area contributed by atoms with Crippen molar-refractivity contribution in [1.82, 2.24) is 0 Å². The second-order valence-electron chi connectivity index (χ2n) is 9.96. The molecule has 0 saturated heterocycles. The highest BCUT2D eigenvalue weighted by Crippen LogP contribution is 2.29. The van der Waals surface area contributed by atoms with Gasteiger partial charge in [0.05, 0.1) is 19.3 Å². The number of rotatable bonds is 8. The third-order valence-corrected chi connectivity index (χ3v) is 4.44. The first-order chi connectivity index (χ1) is 14.7. The fourth-order valence-electron chi connectivity index (χ4n) is 2.94. The van der Waals surface area contributed by atoms with E-state index in [-0.39, 0.29) is 53.9 Å². The zero-order chi connectivity index (χ0) is 27.2. The lowest BCUT2D eigenvalue weighted by Crippen LogP contribution is -2.41. The molecule has 33 heavy (non-hydrogen) atoms. The molecule has 0 saturated carbocycles. The fraction of sp³-hybridized carbons (Fsp3) is 0.833. The van der Waals surface area contributed by atoms with Gasteiger partial charge in [0.1, 0.15) is 6.10 Å². The van der Waals surface area contributed by atoms with Crippen LogP contribution in [0.1, 0.15) is 83.1 Å². The maximum atomic E-state index is 11.0. The van der Waals surface area contributed by atoms with Crippen molar-refractivity contribution in [3.05, 3.63) is 0 Å². The van der Waals surface area contributed by atoms with E-state index >= 15 is 0 Å². The number of hydrogen-bond acceptors (Lipinski definition) is 9. The molecule has 2 N–H and O–H groups in total. The Kier molecular flexibility index (Phi) is 17.9. The quantitative estimate of drug-likeness (QED) is 0.306. The van der Waals surface area contributed by atoms with Crippen LogP contribution in [0.15, 0.2) is 0 Å². The minimum atomic E-state index is -0.562. The average molecular weight is 479 g/mol. The van der Waals surface area contributed by atoms with Crippen LogP contribution in [0.25, 0.3) is 0 Å². The van der Waals surface area contributed by atoms with Crippen LogP contribution in [-0.2, 0) is 33.4 Å². The monoisotopic (exact) mass is 478 g/mol. The van der Waals surface area contributed by atoms with E-state index in [4.69, 9.17) is 14.6 Å². The molecule has 0 spiro atoms. The van der Waals surface area contributed by atoms with Gasteiger partial charge in [-0.05, 0) is 11.8 Å². The van der Waals surface area contributed by atoms with Gasteiger partial charge in [0, 0.05) is 38.5 Å². The van der Waals surface area contributed by atoms with Crippen molar-refractivity contribution in [2.24, 2.45) is 22.7 Å². The fourth-order valence-corrected chi connectivity index (χ4v) is 2.94. The van der Waals surface area contributed by atoms with Gasteiger partial charge >= 0.3 is 23.9 Å². The third-order valence-electron chi connectivity index (χ3n) is 4.44. The SMILES string of the molecule is CC(=O)OC(C)=O.CC(=O)OCC(C)(C)C(OC(C)=O)C(C)C.CC(C)C(O)C(C)(C)CO. The largest absolute Gasteiger partial charge is 0.465 e. The second kappa shape index (κ2) is 16.6. The first-order valence-corrected chi connectivity index (χ1v) is 11.0. The Morgan fingerprint density at radius 1 is 0.727 bits per heavy atom. The van der Waals surface area contributed by atoms with E-state index in [0.29, 0.717) is 0 Å². The van der Waals surface area contributed by atoms with E-state index in [9.17, 15) is 24.3 Å². The minimum absolute atomic E-state index is 0.0341. The highest BCUT2D eigenvalue weighted by Gasteiger charge is 2.35. The third kappa shape index (κ3) is 19.2. The van der Waals surface area contributed by atoms with Crippen molar-refractivity contribution in [3.63, 3.8) is 0 Å². The second-order valence-corrected chi connectivity index (χ2v) is 9.96. The van der Waals surface area contributed by atoms with E-state index in [0.717, 1.165) is 0 Å². The van der Waals surface area contributed by atoms with Crippen LogP contribution in [0, 0.1) is 22.7 Å². The predicted molar refractivity (Wildman–Crippen MR) is 125 cm³/mol. The summed E-state index contributed by atoms with van der Waals surface area (Å²) in [6, 6.07) is 0. The van der Waals surface area contributed by atoms with Crippen molar-refractivity contribution in [2.45, 2.75) is 95.3 Å². The molecule has 0 aromatic rings. The van der Waals surface area contributed by atoms with E-state index in [2.05, 4.69) is 4.74 Å². The van der Waals surface area contributed by atoms with Crippen LogP contribution >= 0.6 is 0 Å². The van der Waals surface area contributed by atoms with E-state index < -0.39 is 18.0 Å². The number of esters is 4. The molecule has 0 bridgehead atoms. The van der Waals surface area contributed by atoms with Crippen LogP contribution in [0.3, 0.4) is 0 Å². The van der Waals surface area contributed by atoms with Gasteiger partial charge in [0.25, 0.3) is 0 Å². The molecular weight excluding hydrogens is 432 g/mol. The zero-order valence-electron chi connectivity index (χ0n) is 22.5. The summed E-state index contributed by atoms with van der Waals surface area (Å²) in [5.41, 5.74) is -0.750. The summed E-state index contributed by atoms with van der Waals surface area (Å²) in [5, 5.41) is 18.3. The Bertz CT molecular complexity index is 595. The Labute approximate surface area is 199 Å². The van der Waals surface area contributed by atoms with Gasteiger partial charge in [-0.1, -0.05) is 55.4 Å². The molecule has 0 heterocycles. The highest BCUT2D eigenvalue weighted by atomic mass is 16.6. The number of hydrogen-bond donors (Lipinski definition) is 2. The molecule has 0 aromatic heterocycles. The van der Waals surface area contributed by atoms with Gasteiger partial charge in [-0.15, -0.1) is 0 Å². The molecule has 0 aromatic carbocycles. The molecule has 0 radical (unpaired) electrons. The number of carbonyl (C=O) groups excluding carboxylic acids is 4. The minimum Gasteiger partial charge on any atom is -0.465 e. The average Bonchev–Trinajstić information content (AvgIpc) is 2.63. The summed E-state index contributed by atoms with van der Waals surface area (Å²) in [5.74, 6) is -1.37. The number of aliphatic hydroxyl groups is 2. The maximum absolute atomic E-state index is 11.0. The van der Waals surface area contributed by atoms with Gasteiger partial charge in [-0.3, -0.25) is 19.2 Å². The van der Waals surface area contributed by atoms with E-state index in [1.165, 1.54) is 27.7 Å². The van der Waals surface area contributed by atoms with Crippen molar-refractivity contribution >= 4 is 23.9 Å². The van der Waals surface area contributed by atoms with Crippen LogP contribution in [0.5, 0.6) is 0 Å². The summed E-state index contributed by atoms with van der Waals surface area (Å²) in [6.45, 7) is 20.8. The first kappa shape index (κ1) is 35.6. The molecule has 9 nitrogen and oxygen atoms in total. The van der Waals surface area contributed by atoms with Crippen LogP contribution in [0.2, 0.25) is 0 Å². The normalized spacial score (nSPS) is 13.0. The molecule has 9 heteroatoms. The Balaban J connectivity index is -0.000000451. The standard InChI is InChI=1S/C12H22O4.C8H18O2.C4H6O3/c1-8(2)11(16-10(4)14)12(5,6)7-15-9(3)13;1-6(2)7(10)8(3,4)5-9;1-3(5)7-4(2)6/h8,11H,7H2,1-6H3;6-7,9-10H,5H2,1-4H3;1-2H3. The molecule has 0 amide bonds. The molecule has 2 unspecified atom stereocenters. The number of ether oxygens (including phenoxy) is 3. The Morgan fingerprint density at radius 2 is 1.15 bits per heavy atom. The number of aliphatic hydroxyl groups excluding tert-OH is 2. The molecule has 0 aliphatic rings. The Hall–Kier alpha value is -2.00. The highest BCUT2D eigenvalue weighted by molar-refractivity contribution is 5.82. The lowest BCUT2D eigenvalue weighted by Gasteiger charge is -2.35. The van der Waals surface area contributed by atoms with E-state index in [1.54, 1.807) is 0 Å². The summed E-state index contributed by atoms with van der Waals surface area (Å²) < 4.78 is 14.2. The summed E-state index contributed by atoms with van der Waals surface area (Å²) in [7, 11) is 0. The van der Waals surface area contributed by atoms with Gasteiger partial charge in [-0.2, -0.15) is 0 Å². The van der Waals surface area contributed by atoms with Crippen molar-refractivity contribution in [1.29, 1.82) is 0 Å². The maximum Gasteiger partial charge on any atom is 0.310 e. The summed E-state index contributed by atoms with van der Waals surface area (Å²) >= 11 is 0. The van der Waals surface area contributed by atoms with Gasteiger partial charge in [-0.25, -0.2) is 0 Å². The van der Waals surface area contributed by atoms with Crippen LogP contribution in [-0.4, -0.2) is 59.5 Å². The van der Waals surface area contributed by atoms with Crippen LogP contribution < -0.4 is 0 Å². The number of carbonyl (C=O) groups is 4. The zero-order valence-corrected chi connectivity index (χ0v) is 22.5. The van der Waals surface area contributed by atoms with Crippen molar-refractivity contribution < 1.29 is 43.6 Å². The van der Waals surface area contributed by atoms with Crippen LogP contribution in [0.4, 0.5) is 0 Å². The summed E-state index contributed by atoms with van der Waals surface area (Å²) in [4.78, 5) is 41.4. The van der Waals surface area contributed by atoms with Gasteiger partial charge in [0.15, 0.2) is 0 Å². The molecule has 0 rings (SSSR count).